The quantitative estimate of drug-likeness (QED) is 0.807. The molecule has 1 aromatic carbocycles. The van der Waals surface area contributed by atoms with Crippen LogP contribution in [0.5, 0.6) is 0 Å². The number of halogens is 2. The summed E-state index contributed by atoms with van der Waals surface area (Å²) in [6.45, 7) is 0. The highest BCUT2D eigenvalue weighted by Crippen LogP contribution is 2.82. The largest absolute Gasteiger partial charge is 0.481 e. The van der Waals surface area contributed by atoms with Crippen molar-refractivity contribution in [1.29, 1.82) is 0 Å². The molecule has 0 radical (unpaired) electrons. The summed E-state index contributed by atoms with van der Waals surface area (Å²) < 4.78 is 14.3. The van der Waals surface area contributed by atoms with E-state index in [1.165, 1.54) is 0 Å². The van der Waals surface area contributed by atoms with Crippen molar-refractivity contribution in [3.63, 3.8) is 0 Å². The fourth-order valence-corrected chi connectivity index (χ4v) is 3.55. The molecule has 2 bridgehead atoms. The molecule has 0 spiro atoms. The van der Waals surface area contributed by atoms with Gasteiger partial charge in [0.1, 0.15) is 5.41 Å². The van der Waals surface area contributed by atoms with E-state index in [-0.39, 0.29) is 0 Å². The average Bonchev–Trinajstić information content (AvgIpc) is 2.16. The highest BCUT2D eigenvalue weighted by molar-refractivity contribution is 6.28. The van der Waals surface area contributed by atoms with E-state index in [0.717, 1.165) is 5.56 Å². The lowest BCUT2D eigenvalue weighted by Gasteiger charge is -2.74. The van der Waals surface area contributed by atoms with Crippen LogP contribution >= 0.6 is 11.6 Å². The maximum absolute atomic E-state index is 14.3. The van der Waals surface area contributed by atoms with E-state index in [2.05, 4.69) is 0 Å². The Bertz CT molecular complexity index is 463. The summed E-state index contributed by atoms with van der Waals surface area (Å²) in [5, 5.41) is 6.87. The molecule has 0 saturated heterocycles. The van der Waals surface area contributed by atoms with Crippen LogP contribution in [0.4, 0.5) is 4.39 Å². The molecular formula is C12H10ClFO2. The van der Waals surface area contributed by atoms with Crippen LogP contribution in [-0.4, -0.2) is 16.2 Å². The topological polar surface area (TPSA) is 37.3 Å². The van der Waals surface area contributed by atoms with Crippen LogP contribution in [0.1, 0.15) is 18.4 Å². The maximum atomic E-state index is 14.3. The van der Waals surface area contributed by atoms with Gasteiger partial charge in [0, 0.05) is 5.41 Å². The van der Waals surface area contributed by atoms with Crippen LogP contribution in [0.25, 0.3) is 0 Å². The molecule has 0 aromatic heterocycles. The van der Waals surface area contributed by atoms with Gasteiger partial charge in [-0.2, -0.15) is 0 Å². The summed E-state index contributed by atoms with van der Waals surface area (Å²) in [5.74, 6) is -1.12. The first-order chi connectivity index (χ1) is 7.46. The fourth-order valence-electron chi connectivity index (χ4n) is 3.10. The molecule has 0 aliphatic heterocycles. The number of carboxylic acids is 1. The van der Waals surface area contributed by atoms with Crippen molar-refractivity contribution in [3.05, 3.63) is 35.9 Å². The predicted octanol–water partition coefficient (Wildman–Crippen LogP) is 2.71. The predicted molar refractivity (Wildman–Crippen MR) is 57.1 cm³/mol. The second-order valence-corrected chi connectivity index (χ2v) is 5.28. The molecule has 84 valence electrons. The highest BCUT2D eigenvalue weighted by Gasteiger charge is 2.90. The maximum Gasteiger partial charge on any atom is 0.314 e. The Labute approximate surface area is 97.0 Å². The van der Waals surface area contributed by atoms with Gasteiger partial charge in [-0.25, -0.2) is 4.39 Å². The third-order valence-corrected chi connectivity index (χ3v) is 4.87. The molecule has 1 N–H and O–H groups in total. The van der Waals surface area contributed by atoms with Crippen molar-refractivity contribution in [1.82, 2.24) is 0 Å². The van der Waals surface area contributed by atoms with E-state index in [9.17, 15) is 9.18 Å². The van der Waals surface area contributed by atoms with Crippen LogP contribution < -0.4 is 0 Å². The van der Waals surface area contributed by atoms with Gasteiger partial charge in [0.05, 0.1) is 0 Å². The number of carboxylic acid groups (broad SMARTS) is 1. The van der Waals surface area contributed by atoms with Gasteiger partial charge in [-0.15, -0.1) is 0 Å². The molecule has 4 rings (SSSR count). The van der Waals surface area contributed by atoms with E-state index in [0.29, 0.717) is 12.8 Å². The second kappa shape index (κ2) is 2.59. The van der Waals surface area contributed by atoms with Crippen molar-refractivity contribution in [2.45, 2.75) is 23.4 Å². The van der Waals surface area contributed by atoms with Gasteiger partial charge in [0.15, 0.2) is 0 Å². The van der Waals surface area contributed by atoms with E-state index < -0.39 is 21.9 Å². The Kier molecular flexibility index (Phi) is 1.63. The molecule has 16 heavy (non-hydrogen) atoms. The van der Waals surface area contributed by atoms with E-state index >= 15 is 0 Å². The number of alkyl halides is 2. The number of aliphatic carboxylic acids is 1. The van der Waals surface area contributed by atoms with Gasteiger partial charge in [0.25, 0.3) is 0 Å². The number of rotatable bonds is 2. The Balaban J connectivity index is 2.01. The summed E-state index contributed by atoms with van der Waals surface area (Å²) in [7, 11) is 0. The van der Waals surface area contributed by atoms with Crippen LogP contribution in [0.3, 0.4) is 0 Å². The van der Waals surface area contributed by atoms with Crippen molar-refractivity contribution in [2.75, 3.05) is 0 Å². The zero-order valence-electron chi connectivity index (χ0n) is 8.41. The standard InChI is InChI=1S/C12H10ClFO2/c13-12(14)10(8-4-2-1-3-5-8)6-11(12,7-10)9(15)16/h1-5H,6-7H2,(H,15,16). The molecule has 1 atom stereocenters. The van der Waals surface area contributed by atoms with Crippen molar-refractivity contribution in [2.24, 2.45) is 5.41 Å². The fraction of sp³-hybridized carbons (Fsp3) is 0.417. The van der Waals surface area contributed by atoms with Gasteiger partial charge < -0.3 is 5.11 Å². The van der Waals surface area contributed by atoms with Crippen LogP contribution in [0.2, 0.25) is 0 Å². The van der Waals surface area contributed by atoms with Crippen LogP contribution in [0.15, 0.2) is 30.3 Å². The zero-order chi connectivity index (χ0) is 11.6. The summed E-state index contributed by atoms with van der Waals surface area (Å²) in [6, 6.07) is 9.09. The van der Waals surface area contributed by atoms with Crippen molar-refractivity contribution >= 4 is 17.6 Å². The first-order valence-corrected chi connectivity index (χ1v) is 5.51. The average molecular weight is 241 g/mol. The number of hydrogen-bond acceptors (Lipinski definition) is 1. The first kappa shape index (κ1) is 10.1. The molecule has 3 aliphatic rings. The van der Waals surface area contributed by atoms with Gasteiger partial charge in [-0.05, 0) is 18.4 Å². The molecular weight excluding hydrogens is 231 g/mol. The lowest BCUT2D eigenvalue weighted by Crippen LogP contribution is -2.83. The minimum absolute atomic E-state index is 0.305. The van der Waals surface area contributed by atoms with Gasteiger partial charge >= 0.3 is 5.97 Å². The van der Waals surface area contributed by atoms with Crippen LogP contribution in [-0.2, 0) is 10.2 Å². The third kappa shape index (κ3) is 0.766. The third-order valence-electron chi connectivity index (χ3n) is 4.14. The Morgan fingerprint density at radius 1 is 1.31 bits per heavy atom. The number of carbonyl (C=O) groups is 1. The molecule has 3 saturated carbocycles. The molecule has 1 unspecified atom stereocenters. The van der Waals surface area contributed by atoms with Gasteiger partial charge in [0.2, 0.25) is 5.13 Å². The van der Waals surface area contributed by atoms with Crippen LogP contribution in [0, 0.1) is 5.41 Å². The second-order valence-electron chi connectivity index (χ2n) is 4.76. The number of benzene rings is 1. The van der Waals surface area contributed by atoms with Gasteiger partial charge in [-0.3, -0.25) is 4.79 Å². The molecule has 4 heteroatoms. The monoisotopic (exact) mass is 240 g/mol. The minimum Gasteiger partial charge on any atom is -0.481 e. The summed E-state index contributed by atoms with van der Waals surface area (Å²) in [5.41, 5.74) is -1.34. The minimum atomic E-state index is -2.13. The molecule has 0 amide bonds. The summed E-state index contributed by atoms with van der Waals surface area (Å²) in [6.07, 6.45) is 0.610. The highest BCUT2D eigenvalue weighted by atomic mass is 35.5. The number of hydrogen-bond donors (Lipinski definition) is 1. The molecule has 2 nitrogen and oxygen atoms in total. The lowest BCUT2D eigenvalue weighted by atomic mass is 9.31. The Morgan fingerprint density at radius 3 is 2.31 bits per heavy atom. The SMILES string of the molecule is O=C(O)C12CC(c3ccccc3)(C1)C2(F)Cl. The Hall–Kier alpha value is -1.09. The zero-order valence-corrected chi connectivity index (χ0v) is 9.17. The molecule has 1 aromatic rings. The van der Waals surface area contributed by atoms with E-state index in [1.54, 1.807) is 0 Å². The van der Waals surface area contributed by atoms with Crippen molar-refractivity contribution in [3.8, 4) is 0 Å². The smallest absolute Gasteiger partial charge is 0.314 e. The molecule has 3 fully saturated rings. The van der Waals surface area contributed by atoms with Gasteiger partial charge in [-0.1, -0.05) is 41.9 Å². The van der Waals surface area contributed by atoms with Crippen molar-refractivity contribution < 1.29 is 14.3 Å². The summed E-state index contributed by atoms with van der Waals surface area (Å²) >= 11 is 5.80. The first-order valence-electron chi connectivity index (χ1n) is 5.13. The van der Waals surface area contributed by atoms with E-state index in [1.807, 2.05) is 30.3 Å². The summed E-state index contributed by atoms with van der Waals surface area (Å²) in [4.78, 5) is 11.0. The lowest BCUT2D eigenvalue weighted by molar-refractivity contribution is -0.258. The van der Waals surface area contributed by atoms with E-state index in [4.69, 9.17) is 16.7 Å². The normalized spacial score (nSPS) is 44.4. The molecule has 0 heterocycles. The molecule has 3 aliphatic carbocycles. The Morgan fingerprint density at radius 2 is 1.88 bits per heavy atom.